The number of amides is 1. The van der Waals surface area contributed by atoms with Crippen LogP contribution in [0, 0.1) is 0 Å². The number of rotatable bonds is 3. The first kappa shape index (κ1) is 14.4. The number of nitrogens with zero attached hydrogens (tertiary/aromatic N) is 1. The van der Waals surface area contributed by atoms with E-state index in [9.17, 15) is 4.79 Å². The van der Waals surface area contributed by atoms with Crippen LogP contribution in [0.3, 0.4) is 0 Å². The Kier molecular flexibility index (Phi) is 4.59. The zero-order chi connectivity index (χ0) is 13.8. The van der Waals surface area contributed by atoms with Crippen molar-refractivity contribution in [1.82, 2.24) is 5.32 Å². The van der Waals surface area contributed by atoms with Crippen LogP contribution in [-0.2, 0) is 11.3 Å². The van der Waals surface area contributed by atoms with E-state index >= 15 is 0 Å². The van der Waals surface area contributed by atoms with E-state index in [4.69, 9.17) is 4.74 Å². The minimum atomic E-state index is -0.459. The summed E-state index contributed by atoms with van der Waals surface area (Å²) in [5.41, 5.74) is 1.72. The average Bonchev–Trinajstić information content (AvgIpc) is 2.24. The Morgan fingerprint density at radius 2 is 1.78 bits per heavy atom. The summed E-state index contributed by atoms with van der Waals surface area (Å²) >= 11 is 0. The largest absolute Gasteiger partial charge is 0.444 e. The molecule has 0 unspecified atom stereocenters. The lowest BCUT2D eigenvalue weighted by molar-refractivity contribution is 0.0523. The fourth-order valence-corrected chi connectivity index (χ4v) is 1.40. The average molecular weight is 250 g/mol. The van der Waals surface area contributed by atoms with Gasteiger partial charge in [-0.15, -0.1) is 0 Å². The maximum atomic E-state index is 11.5. The molecule has 1 aromatic carbocycles. The second-order valence-corrected chi connectivity index (χ2v) is 5.42. The van der Waals surface area contributed by atoms with E-state index in [0.29, 0.717) is 6.54 Å². The van der Waals surface area contributed by atoms with Gasteiger partial charge in [-0.1, -0.05) is 12.1 Å². The summed E-state index contributed by atoms with van der Waals surface area (Å²) in [4.78, 5) is 13.5. The van der Waals surface area contributed by atoms with E-state index in [0.717, 1.165) is 11.3 Å². The number of nitrogens with one attached hydrogen (secondary N) is 1. The van der Waals surface area contributed by atoms with Gasteiger partial charge >= 0.3 is 6.09 Å². The molecule has 0 radical (unpaired) electrons. The molecule has 1 N–H and O–H groups in total. The smallest absolute Gasteiger partial charge is 0.407 e. The van der Waals surface area contributed by atoms with Gasteiger partial charge in [-0.05, 0) is 38.5 Å². The van der Waals surface area contributed by atoms with Gasteiger partial charge in [-0.3, -0.25) is 0 Å². The molecule has 0 spiro atoms. The highest BCUT2D eigenvalue weighted by Crippen LogP contribution is 2.12. The molecule has 0 fully saturated rings. The number of carbonyl (C=O) groups excluding carboxylic acids is 1. The number of hydrogen-bond donors (Lipinski definition) is 1. The monoisotopic (exact) mass is 250 g/mol. The Balaban J connectivity index is 2.46. The number of benzene rings is 1. The van der Waals surface area contributed by atoms with E-state index in [1.165, 1.54) is 0 Å². The van der Waals surface area contributed by atoms with E-state index in [-0.39, 0.29) is 6.09 Å². The van der Waals surface area contributed by atoms with Crippen molar-refractivity contribution in [2.24, 2.45) is 0 Å². The highest BCUT2D eigenvalue weighted by molar-refractivity contribution is 5.67. The molecule has 0 saturated carbocycles. The third-order valence-electron chi connectivity index (χ3n) is 2.29. The van der Waals surface area contributed by atoms with E-state index in [1.54, 1.807) is 0 Å². The second kappa shape index (κ2) is 5.76. The van der Waals surface area contributed by atoms with Crippen LogP contribution in [0.5, 0.6) is 0 Å². The first-order valence-corrected chi connectivity index (χ1v) is 6.01. The summed E-state index contributed by atoms with van der Waals surface area (Å²) < 4.78 is 5.16. The van der Waals surface area contributed by atoms with Crippen LogP contribution in [0.15, 0.2) is 24.3 Å². The van der Waals surface area contributed by atoms with Gasteiger partial charge in [0.2, 0.25) is 0 Å². The third kappa shape index (κ3) is 5.08. The number of hydrogen-bond acceptors (Lipinski definition) is 3. The molecule has 4 nitrogen and oxygen atoms in total. The van der Waals surface area contributed by atoms with Crippen molar-refractivity contribution in [3.05, 3.63) is 29.8 Å². The van der Waals surface area contributed by atoms with Gasteiger partial charge in [0.1, 0.15) is 5.60 Å². The number of anilines is 1. The van der Waals surface area contributed by atoms with Gasteiger partial charge in [0.25, 0.3) is 0 Å². The molecule has 18 heavy (non-hydrogen) atoms. The molecule has 0 aliphatic heterocycles. The van der Waals surface area contributed by atoms with Crippen molar-refractivity contribution < 1.29 is 9.53 Å². The van der Waals surface area contributed by atoms with Gasteiger partial charge in [-0.25, -0.2) is 4.79 Å². The van der Waals surface area contributed by atoms with Crippen LogP contribution in [-0.4, -0.2) is 25.8 Å². The molecule has 4 heteroatoms. The second-order valence-electron chi connectivity index (χ2n) is 5.42. The van der Waals surface area contributed by atoms with Gasteiger partial charge in [-0.2, -0.15) is 0 Å². The summed E-state index contributed by atoms with van der Waals surface area (Å²) in [5.74, 6) is 0. The van der Waals surface area contributed by atoms with Crippen LogP contribution in [0.1, 0.15) is 26.3 Å². The normalized spacial score (nSPS) is 10.9. The van der Waals surface area contributed by atoms with Crippen LogP contribution in [0.25, 0.3) is 0 Å². The molecule has 1 rings (SSSR count). The molecule has 0 saturated heterocycles. The molecular weight excluding hydrogens is 228 g/mol. The van der Waals surface area contributed by atoms with Crippen molar-refractivity contribution in [3.63, 3.8) is 0 Å². The molecule has 0 heterocycles. The zero-order valence-electron chi connectivity index (χ0n) is 11.8. The number of carbonyl (C=O) groups is 1. The van der Waals surface area contributed by atoms with Crippen molar-refractivity contribution >= 4 is 11.8 Å². The van der Waals surface area contributed by atoms with Crippen molar-refractivity contribution in [1.29, 1.82) is 0 Å². The summed E-state index contributed by atoms with van der Waals surface area (Å²) in [7, 11) is 3.99. The summed E-state index contributed by atoms with van der Waals surface area (Å²) in [5, 5.41) is 2.73. The molecule has 0 atom stereocenters. The first-order chi connectivity index (χ1) is 8.28. The van der Waals surface area contributed by atoms with Gasteiger partial charge in [0.15, 0.2) is 0 Å². The number of ether oxygens (including phenoxy) is 1. The fraction of sp³-hybridized carbons (Fsp3) is 0.500. The van der Waals surface area contributed by atoms with Gasteiger partial charge in [0, 0.05) is 26.3 Å². The van der Waals surface area contributed by atoms with Crippen LogP contribution >= 0.6 is 0 Å². The highest BCUT2D eigenvalue weighted by Gasteiger charge is 2.15. The van der Waals surface area contributed by atoms with Crippen molar-refractivity contribution in [2.45, 2.75) is 32.9 Å². The molecule has 0 bridgehead atoms. The lowest BCUT2D eigenvalue weighted by Gasteiger charge is -2.19. The Morgan fingerprint density at radius 1 is 1.22 bits per heavy atom. The van der Waals surface area contributed by atoms with E-state index in [2.05, 4.69) is 5.32 Å². The van der Waals surface area contributed by atoms with Crippen LogP contribution < -0.4 is 10.2 Å². The van der Waals surface area contributed by atoms with Crippen LogP contribution in [0.2, 0.25) is 0 Å². The molecule has 1 aromatic rings. The van der Waals surface area contributed by atoms with Crippen molar-refractivity contribution in [3.8, 4) is 0 Å². The summed E-state index contributed by atoms with van der Waals surface area (Å²) in [6, 6.07) is 8.03. The molecular formula is C14H22N2O2. The first-order valence-electron chi connectivity index (χ1n) is 6.01. The Labute approximate surface area is 109 Å². The Hall–Kier alpha value is -1.71. The van der Waals surface area contributed by atoms with Gasteiger partial charge in [0.05, 0.1) is 0 Å². The molecule has 0 aliphatic rings. The molecule has 100 valence electrons. The number of alkyl carbamates (subject to hydrolysis) is 1. The maximum absolute atomic E-state index is 11.5. The summed E-state index contributed by atoms with van der Waals surface area (Å²) in [6.07, 6.45) is -0.390. The molecule has 1 amide bonds. The fourth-order valence-electron chi connectivity index (χ4n) is 1.40. The van der Waals surface area contributed by atoms with Crippen LogP contribution in [0.4, 0.5) is 10.5 Å². The lowest BCUT2D eigenvalue weighted by atomic mass is 10.2. The topological polar surface area (TPSA) is 41.6 Å². The third-order valence-corrected chi connectivity index (χ3v) is 2.29. The van der Waals surface area contributed by atoms with Crippen molar-refractivity contribution in [2.75, 3.05) is 19.0 Å². The quantitative estimate of drug-likeness (QED) is 0.897. The summed E-state index contributed by atoms with van der Waals surface area (Å²) in [6.45, 7) is 6.01. The van der Waals surface area contributed by atoms with E-state index in [1.807, 2.05) is 64.0 Å². The minimum Gasteiger partial charge on any atom is -0.444 e. The zero-order valence-corrected chi connectivity index (χ0v) is 11.8. The van der Waals surface area contributed by atoms with Gasteiger partial charge < -0.3 is 15.0 Å². The lowest BCUT2D eigenvalue weighted by Crippen LogP contribution is -2.32. The predicted molar refractivity (Wildman–Crippen MR) is 73.8 cm³/mol. The molecule has 0 aromatic heterocycles. The predicted octanol–water partition coefficient (Wildman–Crippen LogP) is 2.78. The Morgan fingerprint density at radius 3 is 2.22 bits per heavy atom. The standard InChI is InChI=1S/C14H22N2O2/c1-14(2,3)18-13(17)15-10-11-6-8-12(9-7-11)16(4)5/h6-9H,10H2,1-5H3,(H,15,17). The molecule has 0 aliphatic carbocycles. The minimum absolute atomic E-state index is 0.390. The Bertz CT molecular complexity index is 391. The van der Waals surface area contributed by atoms with E-state index < -0.39 is 5.60 Å². The maximum Gasteiger partial charge on any atom is 0.407 e. The highest BCUT2D eigenvalue weighted by atomic mass is 16.6. The SMILES string of the molecule is CN(C)c1ccc(CNC(=O)OC(C)(C)C)cc1.